The van der Waals surface area contributed by atoms with Gasteiger partial charge in [-0.05, 0) is 37.5 Å². The molecule has 0 radical (unpaired) electrons. The van der Waals surface area contributed by atoms with Crippen molar-refractivity contribution in [2.45, 2.75) is 32.2 Å². The van der Waals surface area contributed by atoms with Crippen LogP contribution in [0.2, 0.25) is 0 Å². The number of hydrogen-bond donors (Lipinski definition) is 1. The van der Waals surface area contributed by atoms with Crippen LogP contribution in [0.4, 0.5) is 5.69 Å². The van der Waals surface area contributed by atoms with Crippen LogP contribution < -0.4 is 19.7 Å². The molecular weight excluding hydrogens is 368 g/mol. The zero-order chi connectivity index (χ0) is 20.8. The van der Waals surface area contributed by atoms with E-state index in [-0.39, 0.29) is 30.2 Å². The van der Waals surface area contributed by atoms with Gasteiger partial charge in [-0.25, -0.2) is 0 Å². The Kier molecular flexibility index (Phi) is 6.75. The lowest BCUT2D eigenvalue weighted by Crippen LogP contribution is -2.38. The smallest absolute Gasteiger partial charge is 0.227 e. The molecule has 2 aromatic rings. The van der Waals surface area contributed by atoms with Gasteiger partial charge in [-0.3, -0.25) is 9.59 Å². The summed E-state index contributed by atoms with van der Waals surface area (Å²) in [4.78, 5) is 26.9. The predicted molar refractivity (Wildman–Crippen MR) is 112 cm³/mol. The van der Waals surface area contributed by atoms with E-state index in [0.717, 1.165) is 12.8 Å². The Morgan fingerprint density at radius 3 is 2.62 bits per heavy atom. The minimum Gasteiger partial charge on any atom is -0.497 e. The van der Waals surface area contributed by atoms with Crippen LogP contribution in [-0.4, -0.2) is 38.6 Å². The van der Waals surface area contributed by atoms with E-state index >= 15 is 0 Å². The minimum atomic E-state index is -0.367. The number of anilines is 1. The van der Waals surface area contributed by atoms with Crippen molar-refractivity contribution in [1.29, 1.82) is 0 Å². The number of ether oxygens (including phenoxy) is 2. The van der Waals surface area contributed by atoms with Gasteiger partial charge < -0.3 is 19.7 Å². The van der Waals surface area contributed by atoms with Crippen LogP contribution in [0.5, 0.6) is 11.5 Å². The summed E-state index contributed by atoms with van der Waals surface area (Å²) in [7, 11) is 3.13. The van der Waals surface area contributed by atoms with Gasteiger partial charge in [-0.2, -0.15) is 0 Å². The fourth-order valence-electron chi connectivity index (χ4n) is 3.58. The van der Waals surface area contributed by atoms with Gasteiger partial charge in [0.15, 0.2) is 0 Å². The maximum absolute atomic E-state index is 12.7. The van der Waals surface area contributed by atoms with Crippen molar-refractivity contribution in [3.63, 3.8) is 0 Å². The second-order valence-corrected chi connectivity index (χ2v) is 7.38. The summed E-state index contributed by atoms with van der Waals surface area (Å²) in [5.41, 5.74) is 1.91. The number of hydrogen-bond acceptors (Lipinski definition) is 4. The molecule has 2 amide bonds. The lowest BCUT2D eigenvalue weighted by molar-refractivity contribution is -0.126. The topological polar surface area (TPSA) is 67.9 Å². The van der Waals surface area contributed by atoms with E-state index in [1.807, 2.05) is 25.1 Å². The van der Waals surface area contributed by atoms with E-state index in [4.69, 9.17) is 9.47 Å². The standard InChI is InChI=1S/C23H28N2O4/c1-16(9-10-17-7-5-4-6-8-17)24-23(27)18-13-22(26)25(15-18)20-12-11-19(28-2)14-21(20)29-3/h4-8,11-12,14,16,18H,9-10,13,15H2,1-3H3,(H,24,27)/t16-,18-/m0/s1. The van der Waals surface area contributed by atoms with Gasteiger partial charge in [-0.15, -0.1) is 0 Å². The van der Waals surface area contributed by atoms with Crippen molar-refractivity contribution < 1.29 is 19.1 Å². The maximum atomic E-state index is 12.7. The molecule has 29 heavy (non-hydrogen) atoms. The SMILES string of the molecule is COc1ccc(N2C[C@@H](C(=O)N[C@@H](C)CCc3ccccc3)CC2=O)c(OC)c1. The van der Waals surface area contributed by atoms with Crippen molar-refractivity contribution in [2.75, 3.05) is 25.7 Å². The fourth-order valence-corrected chi connectivity index (χ4v) is 3.58. The highest BCUT2D eigenvalue weighted by molar-refractivity contribution is 6.01. The highest BCUT2D eigenvalue weighted by Crippen LogP contribution is 2.35. The molecule has 2 aromatic carbocycles. The molecule has 0 saturated carbocycles. The number of nitrogens with zero attached hydrogens (tertiary/aromatic N) is 1. The van der Waals surface area contributed by atoms with Gasteiger partial charge >= 0.3 is 0 Å². The van der Waals surface area contributed by atoms with Crippen molar-refractivity contribution in [2.24, 2.45) is 5.92 Å². The zero-order valence-corrected chi connectivity index (χ0v) is 17.2. The first kappa shape index (κ1) is 20.7. The third-order valence-electron chi connectivity index (χ3n) is 5.27. The van der Waals surface area contributed by atoms with E-state index in [0.29, 0.717) is 23.7 Å². The predicted octanol–water partition coefficient (Wildman–Crippen LogP) is 3.19. The van der Waals surface area contributed by atoms with E-state index < -0.39 is 0 Å². The minimum absolute atomic E-state index is 0.0439. The summed E-state index contributed by atoms with van der Waals surface area (Å²) < 4.78 is 10.6. The Morgan fingerprint density at radius 2 is 1.93 bits per heavy atom. The summed E-state index contributed by atoms with van der Waals surface area (Å²) >= 11 is 0. The Morgan fingerprint density at radius 1 is 1.17 bits per heavy atom. The van der Waals surface area contributed by atoms with Crippen molar-refractivity contribution in [1.82, 2.24) is 5.32 Å². The van der Waals surface area contributed by atoms with Gasteiger partial charge in [0.2, 0.25) is 11.8 Å². The molecule has 6 heteroatoms. The van der Waals surface area contributed by atoms with Crippen molar-refractivity contribution in [3.05, 3.63) is 54.1 Å². The van der Waals surface area contributed by atoms with E-state index in [2.05, 4.69) is 17.4 Å². The van der Waals surface area contributed by atoms with Gasteiger partial charge in [0.05, 0.1) is 25.8 Å². The number of rotatable bonds is 8. The third kappa shape index (κ3) is 5.08. The number of carbonyl (C=O) groups is 2. The summed E-state index contributed by atoms with van der Waals surface area (Å²) in [5, 5.41) is 3.06. The zero-order valence-electron chi connectivity index (χ0n) is 17.2. The van der Waals surface area contributed by atoms with Gasteiger partial charge in [0, 0.05) is 25.1 Å². The molecule has 3 rings (SSSR count). The third-order valence-corrected chi connectivity index (χ3v) is 5.27. The van der Waals surface area contributed by atoms with Crippen LogP contribution in [0.15, 0.2) is 48.5 Å². The number of amides is 2. The first-order valence-corrected chi connectivity index (χ1v) is 9.88. The lowest BCUT2D eigenvalue weighted by atomic mass is 10.0. The number of aryl methyl sites for hydroxylation is 1. The van der Waals surface area contributed by atoms with Gasteiger partial charge in [0.25, 0.3) is 0 Å². The Balaban J connectivity index is 1.58. The molecule has 1 fully saturated rings. The summed E-state index contributed by atoms with van der Waals surface area (Å²) in [5.74, 6) is 0.682. The molecule has 6 nitrogen and oxygen atoms in total. The first-order chi connectivity index (χ1) is 14.0. The number of benzene rings is 2. The van der Waals surface area contributed by atoms with Gasteiger partial charge in [0.1, 0.15) is 11.5 Å². The average molecular weight is 396 g/mol. The molecule has 1 N–H and O–H groups in total. The highest BCUT2D eigenvalue weighted by Gasteiger charge is 2.36. The highest BCUT2D eigenvalue weighted by atomic mass is 16.5. The first-order valence-electron chi connectivity index (χ1n) is 9.88. The van der Waals surface area contributed by atoms with E-state index in [1.54, 1.807) is 37.3 Å². The second-order valence-electron chi connectivity index (χ2n) is 7.38. The lowest BCUT2D eigenvalue weighted by Gasteiger charge is -2.21. The van der Waals surface area contributed by atoms with Crippen LogP contribution >= 0.6 is 0 Å². The molecule has 154 valence electrons. The van der Waals surface area contributed by atoms with Crippen LogP contribution in [-0.2, 0) is 16.0 Å². The molecule has 1 aliphatic rings. The normalized spacial score (nSPS) is 17.1. The molecule has 1 aliphatic heterocycles. The number of nitrogens with one attached hydrogen (secondary N) is 1. The van der Waals surface area contributed by atoms with Crippen LogP contribution in [0.25, 0.3) is 0 Å². The molecular formula is C23H28N2O4. The fraction of sp³-hybridized carbons (Fsp3) is 0.391. The quantitative estimate of drug-likeness (QED) is 0.744. The summed E-state index contributed by atoms with van der Waals surface area (Å²) in [6.07, 6.45) is 1.96. The van der Waals surface area contributed by atoms with Crippen LogP contribution in [0.3, 0.4) is 0 Å². The maximum Gasteiger partial charge on any atom is 0.227 e. The Hall–Kier alpha value is -3.02. The molecule has 1 heterocycles. The Bertz CT molecular complexity index is 853. The summed E-state index contributed by atoms with van der Waals surface area (Å²) in [6, 6.07) is 15.6. The molecule has 2 atom stereocenters. The molecule has 0 aliphatic carbocycles. The molecule has 1 saturated heterocycles. The monoisotopic (exact) mass is 396 g/mol. The van der Waals surface area contributed by atoms with Crippen LogP contribution in [0.1, 0.15) is 25.3 Å². The van der Waals surface area contributed by atoms with Gasteiger partial charge in [-0.1, -0.05) is 30.3 Å². The second kappa shape index (κ2) is 9.45. The molecule has 0 aromatic heterocycles. The summed E-state index contributed by atoms with van der Waals surface area (Å²) in [6.45, 7) is 2.35. The molecule has 0 bridgehead atoms. The average Bonchev–Trinajstić information content (AvgIpc) is 3.14. The van der Waals surface area contributed by atoms with E-state index in [9.17, 15) is 9.59 Å². The van der Waals surface area contributed by atoms with Crippen molar-refractivity contribution >= 4 is 17.5 Å². The number of methoxy groups -OCH3 is 2. The van der Waals surface area contributed by atoms with Crippen molar-refractivity contribution in [3.8, 4) is 11.5 Å². The van der Waals surface area contributed by atoms with E-state index in [1.165, 1.54) is 5.56 Å². The Labute approximate surface area is 171 Å². The molecule has 0 unspecified atom stereocenters. The van der Waals surface area contributed by atoms with Crippen LogP contribution in [0, 0.1) is 5.92 Å². The largest absolute Gasteiger partial charge is 0.497 e. The number of carbonyl (C=O) groups excluding carboxylic acids is 2. The molecule has 0 spiro atoms.